The Labute approximate surface area is 158 Å². The summed E-state index contributed by atoms with van der Waals surface area (Å²) < 4.78 is 0. The number of fused-ring (bicyclic) bond motifs is 1. The first kappa shape index (κ1) is 17.2. The van der Waals surface area contributed by atoms with Gasteiger partial charge in [0.1, 0.15) is 0 Å². The van der Waals surface area contributed by atoms with E-state index < -0.39 is 0 Å². The highest BCUT2D eigenvalue weighted by Crippen LogP contribution is 2.33. The number of aromatic nitrogens is 1. The van der Waals surface area contributed by atoms with Crippen molar-refractivity contribution in [2.45, 2.75) is 24.5 Å². The number of amides is 1. The van der Waals surface area contributed by atoms with E-state index in [0.29, 0.717) is 5.92 Å². The third-order valence-electron chi connectivity index (χ3n) is 5.36. The van der Waals surface area contributed by atoms with E-state index in [0.717, 1.165) is 37.2 Å². The smallest absolute Gasteiger partial charge is 0.253 e. The average molecular weight is 365 g/mol. The van der Waals surface area contributed by atoms with E-state index in [1.807, 2.05) is 17.0 Å². The third-order valence-corrected chi connectivity index (χ3v) is 5.98. The molecular formula is C22H24N2OS. The van der Waals surface area contributed by atoms with Crippen molar-refractivity contribution in [1.82, 2.24) is 9.88 Å². The van der Waals surface area contributed by atoms with Crippen LogP contribution in [0.3, 0.4) is 0 Å². The van der Waals surface area contributed by atoms with Gasteiger partial charge in [-0.05, 0) is 54.3 Å². The van der Waals surface area contributed by atoms with Gasteiger partial charge in [0.25, 0.3) is 5.91 Å². The number of carbonyl (C=O) groups excluding carboxylic acids is 1. The lowest BCUT2D eigenvalue weighted by atomic mass is 9.89. The number of aromatic amines is 1. The molecule has 0 aliphatic carbocycles. The molecule has 26 heavy (non-hydrogen) atoms. The second-order valence-electron chi connectivity index (χ2n) is 6.99. The molecule has 1 N–H and O–H groups in total. The van der Waals surface area contributed by atoms with E-state index in [4.69, 9.17) is 0 Å². The second kappa shape index (κ2) is 7.58. The molecule has 0 spiro atoms. The van der Waals surface area contributed by atoms with Crippen LogP contribution in [0.4, 0.5) is 0 Å². The van der Waals surface area contributed by atoms with Crippen molar-refractivity contribution in [2.24, 2.45) is 0 Å². The van der Waals surface area contributed by atoms with E-state index in [-0.39, 0.29) is 5.91 Å². The lowest BCUT2D eigenvalue weighted by molar-refractivity contribution is 0.0713. The zero-order valence-electron chi connectivity index (χ0n) is 15.1. The van der Waals surface area contributed by atoms with Crippen LogP contribution in [0.1, 0.15) is 40.2 Å². The van der Waals surface area contributed by atoms with Gasteiger partial charge in [0.05, 0.1) is 0 Å². The Morgan fingerprint density at radius 1 is 1.12 bits per heavy atom. The largest absolute Gasteiger partial charge is 0.361 e. The molecule has 0 unspecified atom stereocenters. The lowest BCUT2D eigenvalue weighted by Crippen LogP contribution is -2.37. The number of carbonyl (C=O) groups is 1. The number of nitrogens with one attached hydrogen (secondary N) is 1. The van der Waals surface area contributed by atoms with Crippen LogP contribution in [0, 0.1) is 0 Å². The summed E-state index contributed by atoms with van der Waals surface area (Å²) in [5.74, 6) is 1.68. The Morgan fingerprint density at radius 2 is 1.85 bits per heavy atom. The summed E-state index contributed by atoms with van der Waals surface area (Å²) in [7, 11) is 0. The molecule has 0 saturated carbocycles. The maximum Gasteiger partial charge on any atom is 0.253 e. The molecule has 0 atom stereocenters. The van der Waals surface area contributed by atoms with Crippen LogP contribution in [0.2, 0.25) is 0 Å². The van der Waals surface area contributed by atoms with Crippen LogP contribution in [0.25, 0.3) is 10.9 Å². The third kappa shape index (κ3) is 3.38. The number of rotatable bonds is 4. The first-order valence-electron chi connectivity index (χ1n) is 9.19. The van der Waals surface area contributed by atoms with Gasteiger partial charge in [0.2, 0.25) is 0 Å². The van der Waals surface area contributed by atoms with Crippen molar-refractivity contribution in [1.29, 1.82) is 0 Å². The molecule has 2 heterocycles. The van der Waals surface area contributed by atoms with E-state index in [9.17, 15) is 4.79 Å². The summed E-state index contributed by atoms with van der Waals surface area (Å²) in [5.41, 5.74) is 4.67. The Kier molecular flexibility index (Phi) is 5.02. The molecular weight excluding hydrogens is 340 g/mol. The van der Waals surface area contributed by atoms with E-state index in [1.165, 1.54) is 22.0 Å². The van der Waals surface area contributed by atoms with Crippen molar-refractivity contribution in [2.75, 3.05) is 19.3 Å². The predicted molar refractivity (Wildman–Crippen MR) is 110 cm³/mol. The van der Waals surface area contributed by atoms with Gasteiger partial charge < -0.3 is 9.88 Å². The van der Waals surface area contributed by atoms with Crippen LogP contribution in [0.5, 0.6) is 0 Å². The monoisotopic (exact) mass is 364 g/mol. The molecule has 1 aliphatic heterocycles. The predicted octanol–water partition coefficient (Wildman–Crippen LogP) is 5.05. The zero-order valence-corrected chi connectivity index (χ0v) is 15.9. The Bertz CT molecular complexity index is 892. The van der Waals surface area contributed by atoms with Gasteiger partial charge in [0, 0.05) is 41.5 Å². The van der Waals surface area contributed by atoms with Crippen LogP contribution in [0.15, 0.2) is 54.7 Å². The van der Waals surface area contributed by atoms with Crippen LogP contribution < -0.4 is 0 Å². The summed E-state index contributed by atoms with van der Waals surface area (Å²) in [6.45, 7) is 1.66. The van der Waals surface area contributed by atoms with Crippen molar-refractivity contribution >= 4 is 28.6 Å². The van der Waals surface area contributed by atoms with Gasteiger partial charge in [-0.15, -0.1) is 0 Å². The molecule has 3 nitrogen and oxygen atoms in total. The zero-order chi connectivity index (χ0) is 17.9. The van der Waals surface area contributed by atoms with Gasteiger partial charge in [-0.25, -0.2) is 0 Å². The molecule has 0 bridgehead atoms. The number of thioether (sulfide) groups is 1. The Morgan fingerprint density at radius 3 is 2.58 bits per heavy atom. The minimum atomic E-state index is 0.165. The number of nitrogens with zero attached hydrogens (tertiary/aromatic N) is 1. The summed E-state index contributed by atoms with van der Waals surface area (Å²) in [5, 5.41) is 1.32. The number of piperidine rings is 1. The minimum absolute atomic E-state index is 0.165. The van der Waals surface area contributed by atoms with Gasteiger partial charge in [-0.2, -0.15) is 11.8 Å². The quantitative estimate of drug-likeness (QED) is 0.703. The fourth-order valence-corrected chi connectivity index (χ4v) is 4.44. The number of H-pyrrole nitrogens is 1. The summed E-state index contributed by atoms with van der Waals surface area (Å²) in [4.78, 5) is 18.2. The lowest BCUT2D eigenvalue weighted by Gasteiger charge is -2.32. The van der Waals surface area contributed by atoms with Crippen LogP contribution in [-0.4, -0.2) is 35.1 Å². The summed E-state index contributed by atoms with van der Waals surface area (Å²) in [6.07, 6.45) is 6.30. The normalized spacial score (nSPS) is 15.5. The molecule has 1 saturated heterocycles. The van der Waals surface area contributed by atoms with Gasteiger partial charge in [-0.1, -0.05) is 30.3 Å². The number of hydrogen-bond acceptors (Lipinski definition) is 2. The molecule has 1 aliphatic rings. The maximum absolute atomic E-state index is 12.8. The highest BCUT2D eigenvalue weighted by molar-refractivity contribution is 7.97. The minimum Gasteiger partial charge on any atom is -0.361 e. The molecule has 1 amide bonds. The molecule has 1 fully saturated rings. The molecule has 4 heteroatoms. The number of benzene rings is 2. The molecule has 2 aromatic carbocycles. The second-order valence-corrected chi connectivity index (χ2v) is 7.85. The van der Waals surface area contributed by atoms with E-state index >= 15 is 0 Å². The molecule has 134 valence electrons. The van der Waals surface area contributed by atoms with Crippen LogP contribution >= 0.6 is 11.8 Å². The van der Waals surface area contributed by atoms with E-state index in [1.54, 1.807) is 11.8 Å². The van der Waals surface area contributed by atoms with Crippen molar-refractivity contribution in [3.8, 4) is 0 Å². The SMILES string of the molecule is CSCc1ccc(C(=O)N2CCC(c3c[nH]c4ccccc34)CC2)cc1. The average Bonchev–Trinajstić information content (AvgIpc) is 3.13. The van der Waals surface area contributed by atoms with Gasteiger partial charge >= 0.3 is 0 Å². The highest BCUT2D eigenvalue weighted by Gasteiger charge is 2.25. The van der Waals surface area contributed by atoms with Gasteiger partial charge in [-0.3, -0.25) is 4.79 Å². The number of likely N-dealkylation sites (tertiary alicyclic amines) is 1. The van der Waals surface area contributed by atoms with Crippen molar-refractivity contribution < 1.29 is 4.79 Å². The first-order valence-corrected chi connectivity index (χ1v) is 10.6. The van der Waals surface area contributed by atoms with Crippen molar-refractivity contribution in [3.63, 3.8) is 0 Å². The molecule has 4 rings (SSSR count). The number of hydrogen-bond donors (Lipinski definition) is 1. The molecule has 0 radical (unpaired) electrons. The highest BCUT2D eigenvalue weighted by atomic mass is 32.2. The maximum atomic E-state index is 12.8. The first-order chi connectivity index (χ1) is 12.8. The van der Waals surface area contributed by atoms with Crippen LogP contribution in [-0.2, 0) is 5.75 Å². The molecule has 3 aromatic rings. The van der Waals surface area contributed by atoms with E-state index in [2.05, 4.69) is 53.8 Å². The Hall–Kier alpha value is -2.20. The standard InChI is InChI=1S/C22H24N2OS/c1-26-15-16-6-8-18(9-7-16)22(25)24-12-10-17(11-13-24)20-14-23-21-5-3-2-4-19(20)21/h2-9,14,17,23H,10-13,15H2,1H3. The number of para-hydroxylation sites is 1. The Balaban J connectivity index is 1.42. The van der Waals surface area contributed by atoms with Gasteiger partial charge in [0.15, 0.2) is 0 Å². The fraction of sp³-hybridized carbons (Fsp3) is 0.318. The topological polar surface area (TPSA) is 36.1 Å². The molecule has 1 aromatic heterocycles. The summed E-state index contributed by atoms with van der Waals surface area (Å²) >= 11 is 1.80. The van der Waals surface area contributed by atoms with Crippen molar-refractivity contribution in [3.05, 3.63) is 71.4 Å². The fourth-order valence-electron chi connectivity index (χ4n) is 3.92. The summed E-state index contributed by atoms with van der Waals surface area (Å²) in [6, 6.07) is 16.6.